The van der Waals surface area contributed by atoms with Gasteiger partial charge in [-0.2, -0.15) is 0 Å². The normalized spacial score (nSPS) is 43.3. The number of esters is 1. The molecule has 0 spiro atoms. The molecule has 0 aromatic rings. The SMILES string of the molecule is COC(=O)[C@H](O)[C@H]1O[C@@H]2OC(C)(C)O[C@@H]2[C@H]2OC(C)(C)O[C@H]21. The van der Waals surface area contributed by atoms with Crippen LogP contribution in [0.2, 0.25) is 0 Å². The first-order valence-electron chi connectivity index (χ1n) is 7.26. The van der Waals surface area contributed by atoms with Gasteiger partial charge < -0.3 is 33.5 Å². The minimum absolute atomic E-state index is 0.497. The molecule has 0 aromatic heterocycles. The highest BCUT2D eigenvalue weighted by Crippen LogP contribution is 2.44. The van der Waals surface area contributed by atoms with Crippen molar-refractivity contribution < 1.29 is 38.3 Å². The number of aliphatic hydroxyl groups excluding tert-OH is 1. The Labute approximate surface area is 128 Å². The van der Waals surface area contributed by atoms with Gasteiger partial charge in [-0.05, 0) is 27.7 Å². The average molecular weight is 318 g/mol. The van der Waals surface area contributed by atoms with E-state index < -0.39 is 54.4 Å². The minimum Gasteiger partial charge on any atom is -0.467 e. The number of fused-ring (bicyclic) bond motifs is 3. The van der Waals surface area contributed by atoms with Gasteiger partial charge in [0, 0.05) is 0 Å². The smallest absolute Gasteiger partial charge is 0.337 e. The van der Waals surface area contributed by atoms with Gasteiger partial charge in [0.15, 0.2) is 24.0 Å². The quantitative estimate of drug-likeness (QED) is 0.707. The van der Waals surface area contributed by atoms with Crippen LogP contribution in [0.25, 0.3) is 0 Å². The van der Waals surface area contributed by atoms with Crippen molar-refractivity contribution in [3.8, 4) is 0 Å². The molecule has 0 unspecified atom stereocenters. The van der Waals surface area contributed by atoms with E-state index in [9.17, 15) is 9.90 Å². The largest absolute Gasteiger partial charge is 0.467 e. The number of hydrogen-bond acceptors (Lipinski definition) is 8. The maximum Gasteiger partial charge on any atom is 0.337 e. The molecule has 0 amide bonds. The molecule has 3 aliphatic rings. The molecular formula is C14H22O8. The van der Waals surface area contributed by atoms with Crippen LogP contribution >= 0.6 is 0 Å². The van der Waals surface area contributed by atoms with Crippen LogP contribution < -0.4 is 0 Å². The van der Waals surface area contributed by atoms with Gasteiger partial charge in [0.1, 0.15) is 24.4 Å². The van der Waals surface area contributed by atoms with Crippen LogP contribution in [0, 0.1) is 0 Å². The molecule has 6 atom stereocenters. The summed E-state index contributed by atoms with van der Waals surface area (Å²) in [4.78, 5) is 11.7. The zero-order valence-corrected chi connectivity index (χ0v) is 13.3. The van der Waals surface area contributed by atoms with E-state index >= 15 is 0 Å². The van der Waals surface area contributed by atoms with Crippen LogP contribution in [0.15, 0.2) is 0 Å². The molecule has 0 bridgehead atoms. The lowest BCUT2D eigenvalue weighted by atomic mass is 9.95. The van der Waals surface area contributed by atoms with Gasteiger partial charge in [-0.25, -0.2) is 4.79 Å². The van der Waals surface area contributed by atoms with E-state index in [1.54, 1.807) is 27.7 Å². The van der Waals surface area contributed by atoms with Gasteiger partial charge in [-0.3, -0.25) is 0 Å². The van der Waals surface area contributed by atoms with Crippen molar-refractivity contribution in [2.75, 3.05) is 7.11 Å². The Morgan fingerprint density at radius 2 is 1.55 bits per heavy atom. The molecule has 0 aliphatic carbocycles. The number of aliphatic hydroxyl groups is 1. The summed E-state index contributed by atoms with van der Waals surface area (Å²) < 4.78 is 33.5. The lowest BCUT2D eigenvalue weighted by Crippen LogP contribution is -2.59. The van der Waals surface area contributed by atoms with Crippen LogP contribution in [0.3, 0.4) is 0 Å². The third kappa shape index (κ3) is 2.64. The van der Waals surface area contributed by atoms with Crippen LogP contribution in [-0.4, -0.2) is 66.6 Å². The van der Waals surface area contributed by atoms with E-state index in [1.807, 2.05) is 0 Å². The molecule has 0 aromatic carbocycles. The first-order chi connectivity index (χ1) is 10.1. The summed E-state index contributed by atoms with van der Waals surface area (Å²) in [7, 11) is 1.20. The van der Waals surface area contributed by atoms with E-state index in [0.717, 1.165) is 0 Å². The molecule has 22 heavy (non-hydrogen) atoms. The maximum atomic E-state index is 11.7. The number of carbonyl (C=O) groups is 1. The van der Waals surface area contributed by atoms with Crippen molar-refractivity contribution in [3.63, 3.8) is 0 Å². The summed E-state index contributed by atoms with van der Waals surface area (Å²) in [5.41, 5.74) is 0. The Morgan fingerprint density at radius 3 is 2.18 bits per heavy atom. The molecule has 3 saturated heterocycles. The number of rotatable bonds is 2. The van der Waals surface area contributed by atoms with E-state index in [2.05, 4.69) is 4.74 Å². The Hall–Kier alpha value is -0.770. The summed E-state index contributed by atoms with van der Waals surface area (Å²) in [6, 6.07) is 0. The molecule has 8 nitrogen and oxygen atoms in total. The van der Waals surface area contributed by atoms with E-state index in [1.165, 1.54) is 7.11 Å². The van der Waals surface area contributed by atoms with Crippen molar-refractivity contribution in [2.45, 2.75) is 76.1 Å². The third-order valence-electron chi connectivity index (χ3n) is 3.94. The first kappa shape index (κ1) is 16.1. The molecule has 3 rings (SSSR count). The van der Waals surface area contributed by atoms with E-state index in [4.69, 9.17) is 23.7 Å². The summed E-state index contributed by atoms with van der Waals surface area (Å²) in [6.07, 6.45) is -4.88. The zero-order chi connectivity index (χ0) is 16.3. The number of hydrogen-bond donors (Lipinski definition) is 1. The predicted octanol–water partition coefficient (Wildman–Crippen LogP) is -0.0832. The van der Waals surface area contributed by atoms with Crippen molar-refractivity contribution in [2.24, 2.45) is 0 Å². The third-order valence-corrected chi connectivity index (χ3v) is 3.94. The van der Waals surface area contributed by atoms with Gasteiger partial charge >= 0.3 is 5.97 Å². The fourth-order valence-corrected chi connectivity index (χ4v) is 3.15. The van der Waals surface area contributed by atoms with Gasteiger partial charge in [0.05, 0.1) is 7.11 Å². The minimum atomic E-state index is -1.50. The lowest BCUT2D eigenvalue weighted by molar-refractivity contribution is -0.253. The second kappa shape index (κ2) is 5.12. The molecule has 1 N–H and O–H groups in total. The molecule has 8 heteroatoms. The second-order valence-electron chi connectivity index (χ2n) is 6.60. The van der Waals surface area contributed by atoms with Gasteiger partial charge in [0.25, 0.3) is 0 Å². The number of ether oxygens (including phenoxy) is 6. The Morgan fingerprint density at radius 1 is 1.00 bits per heavy atom. The number of methoxy groups -OCH3 is 1. The van der Waals surface area contributed by atoms with Crippen molar-refractivity contribution in [1.82, 2.24) is 0 Å². The van der Waals surface area contributed by atoms with E-state index in [0.29, 0.717) is 0 Å². The fourth-order valence-electron chi connectivity index (χ4n) is 3.15. The molecule has 3 heterocycles. The Bertz CT molecular complexity index is 462. The van der Waals surface area contributed by atoms with Gasteiger partial charge in [-0.1, -0.05) is 0 Å². The highest BCUT2D eigenvalue weighted by atomic mass is 16.9. The van der Waals surface area contributed by atoms with Gasteiger partial charge in [-0.15, -0.1) is 0 Å². The lowest BCUT2D eigenvalue weighted by Gasteiger charge is -2.38. The summed E-state index contributed by atoms with van der Waals surface area (Å²) in [6.45, 7) is 7.03. The van der Waals surface area contributed by atoms with E-state index in [-0.39, 0.29) is 0 Å². The molecule has 3 aliphatic heterocycles. The van der Waals surface area contributed by atoms with Gasteiger partial charge in [0.2, 0.25) is 0 Å². The fraction of sp³-hybridized carbons (Fsp3) is 0.929. The first-order valence-corrected chi connectivity index (χ1v) is 7.26. The molecule has 126 valence electrons. The topological polar surface area (TPSA) is 92.7 Å². The Balaban J connectivity index is 1.88. The van der Waals surface area contributed by atoms with Crippen molar-refractivity contribution >= 4 is 5.97 Å². The maximum absolute atomic E-state index is 11.7. The molecular weight excluding hydrogens is 296 g/mol. The standard InChI is InChI=1S/C14H22O8/c1-13(2)19-8-7(6(15)11(16)17-5)18-12-10(9(8)20-13)21-14(3,4)22-12/h6-10,12,15H,1-5H3/t6-,7-,8+,9+,10-,12-/m1/s1. The van der Waals surface area contributed by atoms with Crippen LogP contribution in [-0.2, 0) is 33.2 Å². The predicted molar refractivity (Wildman–Crippen MR) is 70.5 cm³/mol. The van der Waals surface area contributed by atoms with Crippen molar-refractivity contribution in [1.29, 1.82) is 0 Å². The highest BCUT2D eigenvalue weighted by molar-refractivity contribution is 5.75. The monoisotopic (exact) mass is 318 g/mol. The molecule has 0 saturated carbocycles. The summed E-state index contributed by atoms with van der Waals surface area (Å²) in [5.74, 6) is -2.52. The molecule has 3 fully saturated rings. The summed E-state index contributed by atoms with van der Waals surface area (Å²) in [5, 5.41) is 10.2. The average Bonchev–Trinajstić information content (AvgIpc) is 2.90. The zero-order valence-electron chi connectivity index (χ0n) is 13.3. The number of carbonyl (C=O) groups excluding carboxylic acids is 1. The second-order valence-corrected chi connectivity index (χ2v) is 6.60. The van der Waals surface area contributed by atoms with Crippen LogP contribution in [0.1, 0.15) is 27.7 Å². The summed E-state index contributed by atoms with van der Waals surface area (Å²) >= 11 is 0. The van der Waals surface area contributed by atoms with Crippen LogP contribution in [0.5, 0.6) is 0 Å². The Kier molecular flexibility index (Phi) is 3.75. The van der Waals surface area contributed by atoms with Crippen molar-refractivity contribution in [3.05, 3.63) is 0 Å². The highest BCUT2D eigenvalue weighted by Gasteiger charge is 2.62. The molecule has 0 radical (unpaired) electrons. The van der Waals surface area contributed by atoms with Crippen LogP contribution in [0.4, 0.5) is 0 Å².